The van der Waals surface area contributed by atoms with Crippen molar-refractivity contribution < 1.29 is 4.42 Å². The van der Waals surface area contributed by atoms with Gasteiger partial charge in [0.15, 0.2) is 0 Å². The van der Waals surface area contributed by atoms with Crippen molar-refractivity contribution in [3.8, 4) is 0 Å². The third-order valence-electron chi connectivity index (χ3n) is 4.80. The summed E-state index contributed by atoms with van der Waals surface area (Å²) in [5.41, 5.74) is 3.96. The lowest BCUT2D eigenvalue weighted by molar-refractivity contribution is 0.233. The van der Waals surface area contributed by atoms with E-state index in [1.165, 1.54) is 11.1 Å². The summed E-state index contributed by atoms with van der Waals surface area (Å²) in [6.07, 6.45) is 4.01. The quantitative estimate of drug-likeness (QED) is 0.759. The van der Waals surface area contributed by atoms with E-state index in [9.17, 15) is 0 Å². The molecule has 0 amide bonds. The number of aromatic amines is 1. The van der Waals surface area contributed by atoms with Crippen molar-refractivity contribution in [2.75, 3.05) is 0 Å². The fourth-order valence-corrected chi connectivity index (χ4v) is 3.70. The van der Waals surface area contributed by atoms with Crippen LogP contribution in [0.15, 0.2) is 34.9 Å². The minimum Gasteiger partial charge on any atom is -0.466 e. The van der Waals surface area contributed by atoms with Gasteiger partial charge in [0.1, 0.15) is 11.5 Å². The highest BCUT2D eigenvalue weighted by atomic mass is 16.3. The highest BCUT2D eigenvalue weighted by Gasteiger charge is 2.34. The average Bonchev–Trinajstić information content (AvgIpc) is 3.08. The average molecular weight is 309 g/mol. The van der Waals surface area contributed by atoms with Crippen molar-refractivity contribution >= 4 is 10.9 Å². The Morgan fingerprint density at radius 3 is 3.09 bits per heavy atom. The second kappa shape index (κ2) is 5.24. The highest BCUT2D eigenvalue weighted by Crippen LogP contribution is 2.42. The third-order valence-corrected chi connectivity index (χ3v) is 4.80. The maximum Gasteiger partial charge on any atom is 0.109 e. The van der Waals surface area contributed by atoms with Crippen molar-refractivity contribution in [2.45, 2.75) is 46.2 Å². The zero-order valence-electron chi connectivity index (χ0n) is 13.9. The van der Waals surface area contributed by atoms with E-state index < -0.39 is 0 Å². The lowest BCUT2D eigenvalue weighted by Crippen LogP contribution is -2.32. The molecular weight excluding hydrogens is 286 g/mol. The summed E-state index contributed by atoms with van der Waals surface area (Å²) in [5.74, 6) is 2.17. The SMILES string of the molecule is Cc1cc2c(o1)CC(C)(C)CC2NCc1ccc2cn[nH]c2c1. The molecule has 4 rings (SSSR count). The van der Waals surface area contributed by atoms with Crippen molar-refractivity contribution in [1.82, 2.24) is 15.5 Å². The number of fused-ring (bicyclic) bond motifs is 2. The van der Waals surface area contributed by atoms with E-state index >= 15 is 0 Å². The van der Waals surface area contributed by atoms with E-state index in [2.05, 4.69) is 53.6 Å². The molecule has 0 fully saturated rings. The Balaban J connectivity index is 1.55. The number of benzene rings is 1. The highest BCUT2D eigenvalue weighted by molar-refractivity contribution is 5.78. The summed E-state index contributed by atoms with van der Waals surface area (Å²) in [5, 5.41) is 12.0. The maximum absolute atomic E-state index is 5.92. The number of aryl methyl sites for hydroxylation is 1. The van der Waals surface area contributed by atoms with Crippen LogP contribution in [0, 0.1) is 12.3 Å². The zero-order valence-corrected chi connectivity index (χ0v) is 13.9. The molecule has 2 aromatic heterocycles. The second-order valence-electron chi connectivity index (χ2n) is 7.51. The van der Waals surface area contributed by atoms with Crippen LogP contribution in [0.2, 0.25) is 0 Å². The number of nitrogens with zero attached hydrogens (tertiary/aromatic N) is 1. The lowest BCUT2D eigenvalue weighted by Gasteiger charge is -2.35. The Bertz CT molecular complexity index is 843. The Kier molecular flexibility index (Phi) is 3.31. The Morgan fingerprint density at radius 1 is 1.35 bits per heavy atom. The normalized spacial score (nSPS) is 19.9. The van der Waals surface area contributed by atoms with Gasteiger partial charge in [-0.05, 0) is 36.5 Å². The molecule has 0 saturated carbocycles. The van der Waals surface area contributed by atoms with Gasteiger partial charge in [0.2, 0.25) is 0 Å². The Labute approximate surface area is 136 Å². The number of hydrogen-bond donors (Lipinski definition) is 2. The number of rotatable bonds is 3. The first kappa shape index (κ1) is 14.5. The molecule has 0 bridgehead atoms. The first-order valence-corrected chi connectivity index (χ1v) is 8.25. The summed E-state index contributed by atoms with van der Waals surface area (Å²) in [6, 6.07) is 9.00. The van der Waals surface area contributed by atoms with E-state index in [1.54, 1.807) is 0 Å². The molecule has 1 aliphatic carbocycles. The second-order valence-corrected chi connectivity index (χ2v) is 7.51. The van der Waals surface area contributed by atoms with E-state index in [0.29, 0.717) is 6.04 Å². The first-order valence-electron chi connectivity index (χ1n) is 8.25. The molecule has 0 aliphatic heterocycles. The van der Waals surface area contributed by atoms with Gasteiger partial charge >= 0.3 is 0 Å². The molecule has 0 saturated heterocycles. The van der Waals surface area contributed by atoms with Crippen LogP contribution in [0.25, 0.3) is 10.9 Å². The molecule has 23 heavy (non-hydrogen) atoms. The van der Waals surface area contributed by atoms with E-state index in [0.717, 1.165) is 41.8 Å². The lowest BCUT2D eigenvalue weighted by atomic mass is 9.74. The van der Waals surface area contributed by atoms with Gasteiger partial charge in [-0.1, -0.05) is 26.0 Å². The molecular formula is C19H23N3O. The monoisotopic (exact) mass is 309 g/mol. The number of furan rings is 1. The molecule has 4 heteroatoms. The zero-order chi connectivity index (χ0) is 16.0. The fourth-order valence-electron chi connectivity index (χ4n) is 3.70. The third kappa shape index (κ3) is 2.79. The van der Waals surface area contributed by atoms with Gasteiger partial charge in [-0.3, -0.25) is 5.10 Å². The van der Waals surface area contributed by atoms with Gasteiger partial charge in [-0.2, -0.15) is 5.10 Å². The molecule has 1 aliphatic rings. The van der Waals surface area contributed by atoms with Gasteiger partial charge in [0.25, 0.3) is 0 Å². The predicted octanol–water partition coefficient (Wildman–Crippen LogP) is 4.27. The van der Waals surface area contributed by atoms with Gasteiger partial charge < -0.3 is 9.73 Å². The van der Waals surface area contributed by atoms with Crippen LogP contribution in [-0.2, 0) is 13.0 Å². The Hall–Kier alpha value is -2.07. The fraction of sp³-hybridized carbons (Fsp3) is 0.421. The van der Waals surface area contributed by atoms with Crippen LogP contribution < -0.4 is 5.32 Å². The molecule has 4 nitrogen and oxygen atoms in total. The number of hydrogen-bond acceptors (Lipinski definition) is 3. The first-order chi connectivity index (χ1) is 11.0. The van der Waals surface area contributed by atoms with Crippen LogP contribution >= 0.6 is 0 Å². The van der Waals surface area contributed by atoms with Crippen LogP contribution in [0.4, 0.5) is 0 Å². The molecule has 1 atom stereocenters. The van der Waals surface area contributed by atoms with Crippen molar-refractivity contribution in [1.29, 1.82) is 0 Å². The van der Waals surface area contributed by atoms with Crippen LogP contribution in [0.5, 0.6) is 0 Å². The Morgan fingerprint density at radius 2 is 2.22 bits per heavy atom. The maximum atomic E-state index is 5.92. The van der Waals surface area contributed by atoms with E-state index in [4.69, 9.17) is 4.42 Å². The van der Waals surface area contributed by atoms with Gasteiger partial charge in [0, 0.05) is 30.0 Å². The van der Waals surface area contributed by atoms with Crippen LogP contribution in [0.3, 0.4) is 0 Å². The minimum absolute atomic E-state index is 0.266. The predicted molar refractivity (Wildman–Crippen MR) is 91.2 cm³/mol. The summed E-state index contributed by atoms with van der Waals surface area (Å²) in [6.45, 7) is 7.52. The standard InChI is InChI=1S/C19H23N3O/c1-12-6-15-17(8-19(2,3)9-18(15)23-12)20-10-13-4-5-14-11-21-22-16(14)7-13/h4-7,11,17,20H,8-10H2,1-3H3,(H,21,22). The molecule has 2 N–H and O–H groups in total. The molecule has 1 unspecified atom stereocenters. The number of aromatic nitrogens is 2. The topological polar surface area (TPSA) is 53.9 Å². The molecule has 2 heterocycles. The van der Waals surface area contributed by atoms with Crippen molar-refractivity contribution in [3.63, 3.8) is 0 Å². The molecule has 0 spiro atoms. The largest absolute Gasteiger partial charge is 0.466 e. The van der Waals surface area contributed by atoms with Crippen LogP contribution in [-0.4, -0.2) is 10.2 Å². The summed E-state index contributed by atoms with van der Waals surface area (Å²) < 4.78 is 5.92. The summed E-state index contributed by atoms with van der Waals surface area (Å²) in [7, 11) is 0. The van der Waals surface area contributed by atoms with E-state index in [-0.39, 0.29) is 5.41 Å². The van der Waals surface area contributed by atoms with Gasteiger partial charge in [0.05, 0.1) is 11.7 Å². The summed E-state index contributed by atoms with van der Waals surface area (Å²) in [4.78, 5) is 0. The molecule has 120 valence electrons. The molecule has 3 aromatic rings. The van der Waals surface area contributed by atoms with E-state index in [1.807, 2.05) is 13.1 Å². The summed E-state index contributed by atoms with van der Waals surface area (Å²) >= 11 is 0. The van der Waals surface area contributed by atoms with Gasteiger partial charge in [-0.15, -0.1) is 0 Å². The number of H-pyrrole nitrogens is 1. The number of nitrogens with one attached hydrogen (secondary N) is 2. The minimum atomic E-state index is 0.266. The molecule has 1 aromatic carbocycles. The molecule has 0 radical (unpaired) electrons. The van der Waals surface area contributed by atoms with Crippen molar-refractivity contribution in [2.24, 2.45) is 5.41 Å². The van der Waals surface area contributed by atoms with Crippen molar-refractivity contribution in [3.05, 3.63) is 53.1 Å². The van der Waals surface area contributed by atoms with Gasteiger partial charge in [-0.25, -0.2) is 0 Å². The van der Waals surface area contributed by atoms with Crippen LogP contribution in [0.1, 0.15) is 49.0 Å². The smallest absolute Gasteiger partial charge is 0.109 e.